The van der Waals surface area contributed by atoms with Crippen LogP contribution in [0, 0.1) is 0 Å². The predicted molar refractivity (Wildman–Crippen MR) is 192 cm³/mol. The Kier molecular flexibility index (Phi) is 11.3. The number of fused-ring (bicyclic) bond motifs is 1. The molecule has 6 rings (SSSR count). The van der Waals surface area contributed by atoms with Crippen molar-refractivity contribution in [2.75, 3.05) is 11.5 Å². The summed E-state index contributed by atoms with van der Waals surface area (Å²) in [6.45, 7) is 9.60. The molecule has 0 fully saturated rings. The summed E-state index contributed by atoms with van der Waals surface area (Å²) in [5.74, 6) is -2.69. The summed E-state index contributed by atoms with van der Waals surface area (Å²) >= 11 is 4.05. The maximum absolute atomic E-state index is 13.4. The van der Waals surface area contributed by atoms with E-state index in [0.29, 0.717) is 46.0 Å². The first-order valence-electron chi connectivity index (χ1n) is 15.0. The smallest absolute Gasteiger partial charge is 0.394 e. The average Bonchev–Trinajstić information content (AvgIpc) is 3.81. The van der Waals surface area contributed by atoms with Crippen molar-refractivity contribution in [3.05, 3.63) is 78.4 Å². The highest BCUT2D eigenvalue weighted by atomic mass is 32.1. The number of nitrogen functional groups attached to an aromatic ring is 2. The minimum atomic E-state index is -3.26. The van der Waals surface area contributed by atoms with Crippen LogP contribution in [0.15, 0.2) is 72.8 Å². The van der Waals surface area contributed by atoms with E-state index < -0.39 is 12.0 Å². The third kappa shape index (κ3) is 8.30. The molecule has 6 aromatic rings. The summed E-state index contributed by atoms with van der Waals surface area (Å²) in [5, 5.41) is 0. The van der Waals surface area contributed by atoms with Gasteiger partial charge in [-0.15, -0.1) is 22.7 Å². The van der Waals surface area contributed by atoms with Crippen LogP contribution in [0.25, 0.3) is 52.8 Å². The fourth-order valence-corrected chi connectivity index (χ4v) is 7.54. The second-order valence-corrected chi connectivity index (χ2v) is 12.9. The fourth-order valence-electron chi connectivity index (χ4n) is 4.83. The maximum Gasteiger partial charge on any atom is 0.394 e. The van der Waals surface area contributed by atoms with Crippen molar-refractivity contribution in [2.24, 2.45) is 0 Å². The summed E-state index contributed by atoms with van der Waals surface area (Å²) in [6, 6.07) is 21.3. The molecule has 3 aromatic carbocycles. The van der Waals surface area contributed by atoms with E-state index in [-0.39, 0.29) is 12.2 Å². The third-order valence-corrected chi connectivity index (χ3v) is 9.52. The molecular weight excluding hydrogens is 665 g/mol. The molecule has 47 heavy (non-hydrogen) atoms. The van der Waals surface area contributed by atoms with Gasteiger partial charge >= 0.3 is 6.11 Å². The number of rotatable bonds is 8. The zero-order valence-corrected chi connectivity index (χ0v) is 29.3. The van der Waals surface area contributed by atoms with Gasteiger partial charge < -0.3 is 16.2 Å². The van der Waals surface area contributed by atoms with Crippen LogP contribution in [0.2, 0.25) is 0 Å². The Hall–Kier alpha value is -4.00. The normalized spacial score (nSPS) is 11.4. The lowest BCUT2D eigenvalue weighted by Crippen LogP contribution is -2.18. The molecule has 0 radical (unpaired) electrons. The number of aromatic nitrogens is 2. The van der Waals surface area contributed by atoms with E-state index in [2.05, 4.69) is 13.5 Å². The summed E-state index contributed by atoms with van der Waals surface area (Å²) in [7, 11) is 0. The van der Waals surface area contributed by atoms with E-state index in [4.69, 9.17) is 11.5 Å². The van der Waals surface area contributed by atoms with E-state index in [0.717, 1.165) is 49.3 Å². The Labute approximate surface area is 284 Å². The molecule has 5 nitrogen and oxygen atoms in total. The number of anilines is 2. The second-order valence-electron chi connectivity index (χ2n) is 10.2. The Morgan fingerprint density at radius 3 is 1.43 bits per heavy atom. The van der Waals surface area contributed by atoms with Gasteiger partial charge in [-0.1, -0.05) is 52.0 Å². The van der Waals surface area contributed by atoms with E-state index in [1.165, 1.54) is 34.8 Å². The zero-order valence-electron chi connectivity index (χ0n) is 26.8. The van der Waals surface area contributed by atoms with Crippen LogP contribution in [0.3, 0.4) is 0 Å². The first-order valence-corrected chi connectivity index (χ1v) is 17.4. The van der Waals surface area contributed by atoms with Crippen molar-refractivity contribution >= 4 is 56.8 Å². The molecule has 0 unspecified atom stereocenters. The number of hydrogen-bond acceptors (Lipinski definition) is 8. The van der Waals surface area contributed by atoms with Gasteiger partial charge in [-0.2, -0.15) is 17.5 Å². The van der Waals surface area contributed by atoms with Crippen molar-refractivity contribution in [1.29, 1.82) is 0 Å². The van der Waals surface area contributed by atoms with Crippen molar-refractivity contribution < 1.29 is 22.3 Å². The molecule has 248 valence electrons. The van der Waals surface area contributed by atoms with Gasteiger partial charge in [-0.3, -0.25) is 0 Å². The van der Waals surface area contributed by atoms with Crippen LogP contribution in [0.5, 0.6) is 5.75 Å². The first kappa shape index (κ1) is 35.8. The van der Waals surface area contributed by atoms with Gasteiger partial charge in [0.15, 0.2) is 0 Å². The summed E-state index contributed by atoms with van der Waals surface area (Å²) in [5.41, 5.74) is 19.1. The number of halogens is 4. The SMILES string of the molecule is CC.CC.CC(F)(F)Cc1ccc(-c2ccc(-c3c(N)c(N)c(-c4ccc(-c5ccc(OC(C)(F)F)cc5)s4)c4nsnc34)s2)cc1. The van der Waals surface area contributed by atoms with Crippen molar-refractivity contribution in [2.45, 2.75) is 60.0 Å². The largest absolute Gasteiger partial charge is 0.433 e. The topological polar surface area (TPSA) is 87.0 Å². The van der Waals surface area contributed by atoms with E-state index in [9.17, 15) is 17.6 Å². The van der Waals surface area contributed by atoms with E-state index in [1.807, 2.05) is 64.1 Å². The molecule has 12 heteroatoms. The Bertz CT molecular complexity index is 1780. The van der Waals surface area contributed by atoms with Crippen LogP contribution in [-0.4, -0.2) is 20.8 Å². The minimum Gasteiger partial charge on any atom is -0.433 e. The standard InChI is InChI=1S/C31H24F4N4OS3.2C2H6/c1-30(32,33)15-16-3-5-17(6-4-16)20-11-13-22(41-20)24-26(36)27(37)25(29-28(24)38-43-39-29)23-14-12-21(42-23)18-7-9-19(10-8-18)40-31(2,34)35;2*1-2/h3-14H,15,36-37H2,1-2H3;2*1-2H3. The number of nitrogens with zero attached hydrogens (tertiary/aromatic N) is 2. The quantitative estimate of drug-likeness (QED) is 0.122. The molecule has 0 amide bonds. The highest BCUT2D eigenvalue weighted by Gasteiger charge is 2.25. The van der Waals surface area contributed by atoms with Crippen LogP contribution in [0.1, 0.15) is 47.1 Å². The van der Waals surface area contributed by atoms with Gasteiger partial charge in [-0.05, 0) is 72.1 Å². The summed E-state index contributed by atoms with van der Waals surface area (Å²) < 4.78 is 67.0. The van der Waals surface area contributed by atoms with E-state index in [1.54, 1.807) is 24.3 Å². The number of nitrogens with two attached hydrogens (primary N) is 2. The van der Waals surface area contributed by atoms with Crippen LogP contribution >= 0.6 is 34.4 Å². The average molecular weight is 701 g/mol. The van der Waals surface area contributed by atoms with Gasteiger partial charge in [0.1, 0.15) is 16.8 Å². The first-order chi connectivity index (χ1) is 22.4. The number of hydrogen-bond donors (Lipinski definition) is 2. The van der Waals surface area contributed by atoms with Gasteiger partial charge in [0.25, 0.3) is 0 Å². The second kappa shape index (κ2) is 14.8. The lowest BCUT2D eigenvalue weighted by Gasteiger charge is -2.13. The van der Waals surface area contributed by atoms with Gasteiger partial charge in [0.05, 0.1) is 23.1 Å². The Morgan fingerprint density at radius 1 is 0.617 bits per heavy atom. The van der Waals surface area contributed by atoms with Crippen LogP contribution in [-0.2, 0) is 6.42 Å². The number of alkyl halides is 4. The minimum absolute atomic E-state index is 0.0748. The summed E-state index contributed by atoms with van der Waals surface area (Å²) in [6.07, 6.45) is -3.57. The van der Waals surface area contributed by atoms with Gasteiger partial charge in [0.2, 0.25) is 5.92 Å². The molecule has 0 spiro atoms. The monoisotopic (exact) mass is 700 g/mol. The van der Waals surface area contributed by atoms with E-state index >= 15 is 0 Å². The van der Waals surface area contributed by atoms with Crippen molar-refractivity contribution in [3.8, 4) is 47.5 Å². The molecule has 0 aliphatic heterocycles. The lowest BCUT2D eigenvalue weighted by atomic mass is 10.0. The molecule has 0 bridgehead atoms. The van der Waals surface area contributed by atoms with Crippen LogP contribution in [0.4, 0.5) is 28.9 Å². The number of benzene rings is 3. The molecule has 0 aliphatic rings. The summed E-state index contributed by atoms with van der Waals surface area (Å²) in [4.78, 5) is 3.55. The van der Waals surface area contributed by atoms with Gasteiger partial charge in [-0.25, -0.2) is 8.78 Å². The molecule has 3 aromatic heterocycles. The zero-order chi connectivity index (χ0) is 34.5. The molecule has 3 heterocycles. The third-order valence-electron chi connectivity index (χ3n) is 6.68. The lowest BCUT2D eigenvalue weighted by molar-refractivity contribution is -0.158. The molecule has 4 N–H and O–H groups in total. The Morgan fingerprint density at radius 2 is 1.02 bits per heavy atom. The van der Waals surface area contributed by atoms with Crippen molar-refractivity contribution in [3.63, 3.8) is 0 Å². The van der Waals surface area contributed by atoms with Crippen LogP contribution < -0.4 is 16.2 Å². The van der Waals surface area contributed by atoms with Crippen molar-refractivity contribution in [1.82, 2.24) is 8.75 Å². The molecular formula is C35H36F4N4OS3. The fraction of sp³-hybridized carbons (Fsp3) is 0.257. The van der Waals surface area contributed by atoms with Gasteiger partial charge in [0, 0.05) is 44.0 Å². The number of ether oxygens (including phenoxy) is 1. The molecule has 0 saturated carbocycles. The highest BCUT2D eigenvalue weighted by Crippen LogP contribution is 2.49. The highest BCUT2D eigenvalue weighted by molar-refractivity contribution is 7.19. The number of thiophene rings is 2. The molecule has 0 atom stereocenters. The maximum atomic E-state index is 13.4. The predicted octanol–water partition coefficient (Wildman–Crippen LogP) is 11.9. The molecule has 0 saturated heterocycles. The molecule has 0 aliphatic carbocycles. The Balaban J connectivity index is 0.00000120.